The average molecular weight is 292 g/mol. The van der Waals surface area contributed by atoms with Crippen LogP contribution in [0.2, 0.25) is 0 Å². The topological polar surface area (TPSA) is 53.4 Å². The third-order valence-corrected chi connectivity index (χ3v) is 3.60. The molecule has 0 atom stereocenters. The maximum absolute atomic E-state index is 12.4. The Hall–Kier alpha value is -1.79. The Morgan fingerprint density at radius 2 is 1.95 bits per heavy atom. The van der Waals surface area contributed by atoms with Crippen LogP contribution in [-0.4, -0.2) is 30.3 Å². The number of hydrogen-bond acceptors (Lipinski definition) is 5. The van der Waals surface area contributed by atoms with Gasteiger partial charge in [0.1, 0.15) is 6.73 Å². The second-order valence-electron chi connectivity index (χ2n) is 4.04. The van der Waals surface area contributed by atoms with Crippen molar-refractivity contribution in [3.63, 3.8) is 0 Å². The van der Waals surface area contributed by atoms with Gasteiger partial charge in [0, 0.05) is 12.0 Å². The first kappa shape index (κ1) is 14.6. The molecule has 0 spiro atoms. The second-order valence-corrected chi connectivity index (χ2v) is 4.92. The van der Waals surface area contributed by atoms with Crippen LogP contribution in [-0.2, 0) is 11.5 Å². The number of rotatable bonds is 5. The van der Waals surface area contributed by atoms with Crippen molar-refractivity contribution in [3.8, 4) is 16.9 Å². The number of hydrogen-bond donors (Lipinski definition) is 0. The van der Waals surface area contributed by atoms with E-state index in [-0.39, 0.29) is 12.3 Å². The zero-order valence-electron chi connectivity index (χ0n) is 11.6. The van der Waals surface area contributed by atoms with Crippen molar-refractivity contribution < 1.29 is 9.47 Å². The van der Waals surface area contributed by atoms with Gasteiger partial charge in [0.05, 0.1) is 18.9 Å². The molecule has 5 nitrogen and oxygen atoms in total. The van der Waals surface area contributed by atoms with Gasteiger partial charge >= 0.3 is 0 Å². The Balaban J connectivity index is 2.57. The molecule has 0 saturated heterocycles. The first-order chi connectivity index (χ1) is 9.71. The Kier molecular flexibility index (Phi) is 4.81. The fraction of sp³-hybridized carbons (Fsp3) is 0.286. The SMILES string of the molecule is COCn1ncc(OC)c(-c2ccc(SC)cc2)c1=O. The molecule has 1 heterocycles. The van der Waals surface area contributed by atoms with E-state index >= 15 is 0 Å². The molecule has 0 aliphatic rings. The number of benzene rings is 1. The zero-order chi connectivity index (χ0) is 14.5. The third-order valence-electron chi connectivity index (χ3n) is 2.86. The summed E-state index contributed by atoms with van der Waals surface area (Å²) in [6.07, 6.45) is 3.53. The van der Waals surface area contributed by atoms with Crippen LogP contribution in [0.25, 0.3) is 11.1 Å². The van der Waals surface area contributed by atoms with Gasteiger partial charge in [0.25, 0.3) is 5.56 Å². The summed E-state index contributed by atoms with van der Waals surface area (Å²) in [5.74, 6) is 0.458. The summed E-state index contributed by atoms with van der Waals surface area (Å²) in [5, 5.41) is 4.01. The number of methoxy groups -OCH3 is 2. The molecule has 0 saturated carbocycles. The molecule has 6 heteroatoms. The van der Waals surface area contributed by atoms with Crippen molar-refractivity contribution >= 4 is 11.8 Å². The van der Waals surface area contributed by atoms with Gasteiger partial charge in [-0.2, -0.15) is 5.10 Å². The summed E-state index contributed by atoms with van der Waals surface area (Å²) < 4.78 is 11.5. The summed E-state index contributed by atoms with van der Waals surface area (Å²) >= 11 is 1.65. The molecule has 106 valence electrons. The fourth-order valence-electron chi connectivity index (χ4n) is 1.87. The van der Waals surface area contributed by atoms with Crippen LogP contribution in [0.4, 0.5) is 0 Å². The molecule has 0 radical (unpaired) electrons. The van der Waals surface area contributed by atoms with Gasteiger partial charge in [-0.05, 0) is 24.0 Å². The summed E-state index contributed by atoms with van der Waals surface area (Å²) in [6, 6.07) is 7.75. The zero-order valence-corrected chi connectivity index (χ0v) is 12.4. The monoisotopic (exact) mass is 292 g/mol. The highest BCUT2D eigenvalue weighted by atomic mass is 32.2. The Labute approximate surface area is 121 Å². The molecule has 0 aliphatic carbocycles. The minimum atomic E-state index is -0.233. The highest BCUT2D eigenvalue weighted by molar-refractivity contribution is 7.98. The molecule has 2 rings (SSSR count). The number of nitrogens with zero attached hydrogens (tertiary/aromatic N) is 2. The molecule has 0 unspecified atom stereocenters. The van der Waals surface area contributed by atoms with Crippen LogP contribution >= 0.6 is 11.8 Å². The molecule has 0 aliphatic heterocycles. The predicted octanol–water partition coefficient (Wildman–Crippen LogP) is 2.24. The molecule has 0 fully saturated rings. The van der Waals surface area contributed by atoms with E-state index in [0.717, 1.165) is 10.5 Å². The summed E-state index contributed by atoms with van der Waals surface area (Å²) in [6.45, 7) is 0.110. The molecule has 2 aromatic rings. The lowest BCUT2D eigenvalue weighted by atomic mass is 10.1. The van der Waals surface area contributed by atoms with Gasteiger partial charge in [0.15, 0.2) is 5.75 Å². The molecule has 20 heavy (non-hydrogen) atoms. The van der Waals surface area contributed by atoms with E-state index in [2.05, 4.69) is 5.10 Å². The lowest BCUT2D eigenvalue weighted by Gasteiger charge is -2.11. The molecule has 0 amide bonds. The van der Waals surface area contributed by atoms with E-state index in [9.17, 15) is 4.79 Å². The molecule has 0 N–H and O–H groups in total. The van der Waals surface area contributed by atoms with Crippen molar-refractivity contribution in [1.82, 2.24) is 9.78 Å². The van der Waals surface area contributed by atoms with E-state index in [1.54, 1.807) is 11.8 Å². The van der Waals surface area contributed by atoms with Gasteiger partial charge in [-0.15, -0.1) is 11.8 Å². The van der Waals surface area contributed by atoms with Crippen molar-refractivity contribution in [2.24, 2.45) is 0 Å². The van der Waals surface area contributed by atoms with Gasteiger partial charge in [-0.1, -0.05) is 12.1 Å². The second kappa shape index (κ2) is 6.58. The summed E-state index contributed by atoms with van der Waals surface area (Å²) in [4.78, 5) is 13.6. The summed E-state index contributed by atoms with van der Waals surface area (Å²) in [7, 11) is 3.04. The molecule has 0 bridgehead atoms. The van der Waals surface area contributed by atoms with Crippen molar-refractivity contribution in [3.05, 3.63) is 40.8 Å². The predicted molar refractivity (Wildman–Crippen MR) is 79.3 cm³/mol. The van der Waals surface area contributed by atoms with Crippen LogP contribution in [0, 0.1) is 0 Å². The Morgan fingerprint density at radius 3 is 2.50 bits per heavy atom. The normalized spacial score (nSPS) is 10.6. The van der Waals surface area contributed by atoms with E-state index < -0.39 is 0 Å². The minimum Gasteiger partial charge on any atom is -0.494 e. The number of thioether (sulfide) groups is 1. The van der Waals surface area contributed by atoms with Crippen LogP contribution in [0.1, 0.15) is 0 Å². The largest absolute Gasteiger partial charge is 0.494 e. The highest BCUT2D eigenvalue weighted by Crippen LogP contribution is 2.27. The first-order valence-electron chi connectivity index (χ1n) is 5.98. The van der Waals surface area contributed by atoms with E-state index in [4.69, 9.17) is 9.47 Å². The molecule has 1 aromatic carbocycles. The Morgan fingerprint density at radius 1 is 1.25 bits per heavy atom. The van der Waals surface area contributed by atoms with Crippen LogP contribution in [0.15, 0.2) is 40.2 Å². The third kappa shape index (κ3) is 2.86. The van der Waals surface area contributed by atoms with E-state index in [0.29, 0.717) is 11.3 Å². The van der Waals surface area contributed by atoms with Gasteiger partial charge in [-0.3, -0.25) is 4.79 Å². The standard InChI is InChI=1S/C14H16N2O3S/c1-18-9-16-14(17)13(12(19-2)8-15-16)10-4-6-11(20-3)7-5-10/h4-8H,9H2,1-3H3. The number of aromatic nitrogens is 2. The fourth-order valence-corrected chi connectivity index (χ4v) is 2.27. The lowest BCUT2D eigenvalue weighted by molar-refractivity contribution is 0.116. The maximum Gasteiger partial charge on any atom is 0.280 e. The van der Waals surface area contributed by atoms with E-state index in [1.165, 1.54) is 25.1 Å². The smallest absolute Gasteiger partial charge is 0.280 e. The maximum atomic E-state index is 12.4. The molecule has 1 aromatic heterocycles. The van der Waals surface area contributed by atoms with Gasteiger partial charge in [-0.25, -0.2) is 4.68 Å². The van der Waals surface area contributed by atoms with Crippen LogP contribution < -0.4 is 10.3 Å². The lowest BCUT2D eigenvalue weighted by Crippen LogP contribution is -2.25. The van der Waals surface area contributed by atoms with E-state index in [1.807, 2.05) is 30.5 Å². The van der Waals surface area contributed by atoms with Crippen LogP contribution in [0.5, 0.6) is 5.75 Å². The minimum absolute atomic E-state index is 0.110. The van der Waals surface area contributed by atoms with Crippen molar-refractivity contribution in [1.29, 1.82) is 0 Å². The molecular weight excluding hydrogens is 276 g/mol. The summed E-state index contributed by atoms with van der Waals surface area (Å²) in [5.41, 5.74) is 1.06. The number of ether oxygens (including phenoxy) is 2. The van der Waals surface area contributed by atoms with Gasteiger partial charge in [0.2, 0.25) is 0 Å². The quantitative estimate of drug-likeness (QED) is 0.791. The van der Waals surface area contributed by atoms with Crippen LogP contribution in [0.3, 0.4) is 0 Å². The Bertz CT molecular complexity index is 638. The molecular formula is C14H16N2O3S. The first-order valence-corrected chi connectivity index (χ1v) is 7.21. The average Bonchev–Trinajstić information content (AvgIpc) is 2.49. The van der Waals surface area contributed by atoms with Crippen molar-refractivity contribution in [2.75, 3.05) is 20.5 Å². The van der Waals surface area contributed by atoms with Crippen molar-refractivity contribution in [2.45, 2.75) is 11.6 Å². The highest BCUT2D eigenvalue weighted by Gasteiger charge is 2.14. The van der Waals surface area contributed by atoms with Gasteiger partial charge < -0.3 is 9.47 Å².